The number of nitrogens with zero attached hydrogens (tertiary/aromatic N) is 7. The number of rotatable bonds is 14. The maximum absolute atomic E-state index is 15.2. The lowest BCUT2D eigenvalue weighted by Gasteiger charge is -2.49. The molecule has 0 saturated carbocycles. The fourth-order valence-corrected chi connectivity index (χ4v) is 9.00. The molecule has 0 spiro atoms. The Labute approximate surface area is 377 Å². The summed E-state index contributed by atoms with van der Waals surface area (Å²) in [4.78, 5) is 74.3. The first-order valence-corrected chi connectivity index (χ1v) is 22.1. The molecular formula is C48H56FN9O7. The number of β-amino-alcohol motifs (C(OH)–C–C–N with tert-alkyl or cyclic N) is 1. The van der Waals surface area contributed by atoms with Crippen molar-refractivity contribution < 1.29 is 38.1 Å². The normalized spacial score (nSPS) is 16.7. The van der Waals surface area contributed by atoms with Gasteiger partial charge in [-0.3, -0.25) is 29.5 Å². The van der Waals surface area contributed by atoms with Gasteiger partial charge in [0.25, 0.3) is 5.91 Å². The molecule has 3 aromatic heterocycles. The molecule has 16 nitrogen and oxygen atoms in total. The third-order valence-electron chi connectivity index (χ3n) is 12.2. The largest absolute Gasteiger partial charge is 0.484 e. The molecule has 0 aliphatic carbocycles. The van der Waals surface area contributed by atoms with E-state index >= 15 is 4.39 Å². The van der Waals surface area contributed by atoms with Gasteiger partial charge in [-0.1, -0.05) is 26.8 Å². The minimum Gasteiger partial charge on any atom is -0.484 e. The fourth-order valence-electron chi connectivity index (χ4n) is 9.00. The number of nitrogens with one attached hydrogen (secondary N) is 2. The summed E-state index contributed by atoms with van der Waals surface area (Å²) >= 11 is 0. The van der Waals surface area contributed by atoms with E-state index in [1.807, 2.05) is 38.1 Å². The first kappa shape index (κ1) is 45.1. The van der Waals surface area contributed by atoms with Gasteiger partial charge in [-0.15, -0.1) is 0 Å². The summed E-state index contributed by atoms with van der Waals surface area (Å²) in [7, 11) is 0. The number of H-pyrrole nitrogens is 1. The molecule has 3 aliphatic heterocycles. The van der Waals surface area contributed by atoms with Crippen LogP contribution in [-0.2, 0) is 20.8 Å². The first-order chi connectivity index (χ1) is 31.0. The Kier molecular flexibility index (Phi) is 12.9. The summed E-state index contributed by atoms with van der Waals surface area (Å²) in [5, 5.41) is 13.9. The van der Waals surface area contributed by atoms with Crippen LogP contribution >= 0.6 is 0 Å². The highest BCUT2D eigenvalue weighted by Gasteiger charge is 2.45. The fraction of sp³-hybridized carbons (Fsp3) is 0.438. The Bertz CT molecular complexity index is 2600. The number of halogens is 1. The van der Waals surface area contributed by atoms with Crippen molar-refractivity contribution in [1.82, 2.24) is 40.0 Å². The molecule has 8 rings (SSSR count). The third-order valence-corrected chi connectivity index (χ3v) is 12.2. The Morgan fingerprint density at radius 3 is 2.42 bits per heavy atom. The van der Waals surface area contributed by atoms with E-state index in [1.165, 1.54) is 23.4 Å². The van der Waals surface area contributed by atoms with Gasteiger partial charge in [0.2, 0.25) is 17.7 Å². The van der Waals surface area contributed by atoms with E-state index in [9.17, 15) is 24.3 Å². The van der Waals surface area contributed by atoms with Crippen LogP contribution in [0.15, 0.2) is 61.1 Å². The van der Waals surface area contributed by atoms with Gasteiger partial charge >= 0.3 is 6.03 Å². The number of anilines is 1. The van der Waals surface area contributed by atoms with E-state index in [0.29, 0.717) is 71.3 Å². The van der Waals surface area contributed by atoms with Crippen molar-refractivity contribution >= 4 is 40.5 Å². The van der Waals surface area contributed by atoms with Crippen LogP contribution in [-0.4, -0.2) is 135 Å². The second-order valence-electron chi connectivity index (χ2n) is 18.6. The van der Waals surface area contributed by atoms with Crippen LogP contribution in [0.2, 0.25) is 0 Å². The zero-order valence-corrected chi connectivity index (χ0v) is 37.6. The first-order valence-electron chi connectivity index (χ1n) is 22.1. The Morgan fingerprint density at radius 1 is 0.908 bits per heavy atom. The minimum atomic E-state index is -0.902. The monoisotopic (exact) mass is 889 g/mol. The topological polar surface area (TPSA) is 186 Å². The summed E-state index contributed by atoms with van der Waals surface area (Å²) in [6.45, 7) is 14.5. The number of aromatic nitrogens is 4. The van der Waals surface area contributed by atoms with Crippen LogP contribution in [0.1, 0.15) is 56.7 Å². The smallest absolute Gasteiger partial charge is 0.328 e. The zero-order valence-electron chi connectivity index (χ0n) is 37.6. The summed E-state index contributed by atoms with van der Waals surface area (Å²) < 4.78 is 27.0. The average Bonchev–Trinajstić information content (AvgIpc) is 3.70. The quantitative estimate of drug-likeness (QED) is 0.121. The number of carbonyl (C=O) groups is 4. The molecule has 6 heterocycles. The predicted octanol–water partition coefficient (Wildman–Crippen LogP) is 5.43. The number of urea groups is 1. The zero-order chi connectivity index (χ0) is 46.0. The molecule has 65 heavy (non-hydrogen) atoms. The van der Waals surface area contributed by atoms with Crippen molar-refractivity contribution in [1.29, 1.82) is 0 Å². The molecule has 3 N–H and O–H groups in total. The van der Waals surface area contributed by atoms with Gasteiger partial charge in [-0.25, -0.2) is 24.1 Å². The molecule has 0 unspecified atom stereocenters. The van der Waals surface area contributed by atoms with Gasteiger partial charge in [0.15, 0.2) is 6.61 Å². The lowest BCUT2D eigenvalue weighted by atomic mass is 9.77. The van der Waals surface area contributed by atoms with E-state index in [2.05, 4.69) is 50.9 Å². The second kappa shape index (κ2) is 18.6. The number of piperazine rings is 1. The maximum atomic E-state index is 15.2. The second-order valence-corrected chi connectivity index (χ2v) is 18.6. The highest BCUT2D eigenvalue weighted by atomic mass is 19.1. The number of hydrogen-bond donors (Lipinski definition) is 3. The Balaban J connectivity index is 0.797. The molecule has 0 atom stereocenters. The van der Waals surface area contributed by atoms with E-state index in [4.69, 9.17) is 9.47 Å². The van der Waals surface area contributed by atoms with E-state index < -0.39 is 17.4 Å². The number of carbonyl (C=O) groups excluding carboxylic acids is 4. The van der Waals surface area contributed by atoms with Crippen LogP contribution in [0, 0.1) is 25.1 Å². The lowest BCUT2D eigenvalue weighted by Crippen LogP contribution is -2.64. The molecule has 3 fully saturated rings. The Hall–Kier alpha value is -6.46. The van der Waals surface area contributed by atoms with Crippen molar-refractivity contribution in [3.8, 4) is 34.1 Å². The standard InChI is InChI=1S/C48H56FN9O7/c1-30-7-9-35(22-39(30)58-13-11-40(59)54-46(58)62)65-25-43(61)56-16-14-55(15-17-56)12-6-18-64-41-10-8-32(24-50-41)38-23-37-44(51-29-52-45(37)53-38)36-21-34(49)19-33(31(36)2)20-42(60)57-27-48(63,28-57)26-47(3,4)5/h7-10,19,21-24,29,63H,6,11-18,20,25-28H2,1-5H3,(H,51,52,53)(H,54,59,62). The number of aliphatic hydroxyl groups is 1. The summed E-state index contributed by atoms with van der Waals surface area (Å²) in [5.41, 5.74) is 5.08. The highest BCUT2D eigenvalue weighted by molar-refractivity contribution is 6.06. The number of amides is 5. The molecule has 5 amide bonds. The van der Waals surface area contributed by atoms with Crippen molar-refractivity contribution in [3.05, 3.63) is 83.6 Å². The molecule has 2 aromatic carbocycles. The molecule has 5 aromatic rings. The number of hydrogen-bond acceptors (Lipinski definition) is 11. The molecule has 3 saturated heterocycles. The number of benzene rings is 2. The molecule has 17 heteroatoms. The van der Waals surface area contributed by atoms with Gasteiger partial charge in [-0.2, -0.15) is 0 Å². The van der Waals surface area contributed by atoms with E-state index in [0.717, 1.165) is 48.4 Å². The average molecular weight is 890 g/mol. The number of aryl methyl sites for hydroxylation is 1. The molecule has 3 aliphatic rings. The van der Waals surface area contributed by atoms with E-state index in [1.54, 1.807) is 28.1 Å². The van der Waals surface area contributed by atoms with Crippen LogP contribution in [0.25, 0.3) is 33.5 Å². The SMILES string of the molecule is Cc1ccc(OCC(=O)N2CCN(CCCOc3ccc(-c4cc5c(-c6cc(F)cc(CC(=O)N7CC(O)(CC(C)(C)C)C7)c6C)ncnc5[nH]4)cn3)CC2)cc1N1CCC(=O)NC1=O. The van der Waals surface area contributed by atoms with Crippen molar-refractivity contribution in [2.75, 3.05) is 70.5 Å². The van der Waals surface area contributed by atoms with Gasteiger partial charge in [0.05, 0.1) is 37.5 Å². The van der Waals surface area contributed by atoms with Gasteiger partial charge in [0.1, 0.15) is 29.1 Å². The number of likely N-dealkylation sites (tertiary alicyclic amines) is 1. The third kappa shape index (κ3) is 10.6. The summed E-state index contributed by atoms with van der Waals surface area (Å²) in [5.74, 6) is -0.0683. The van der Waals surface area contributed by atoms with Gasteiger partial charge < -0.3 is 29.4 Å². The van der Waals surface area contributed by atoms with Crippen LogP contribution in [0.3, 0.4) is 0 Å². The summed E-state index contributed by atoms with van der Waals surface area (Å²) in [6.07, 6.45) is 4.75. The molecular weight excluding hydrogens is 834 g/mol. The predicted molar refractivity (Wildman–Crippen MR) is 242 cm³/mol. The maximum Gasteiger partial charge on any atom is 0.328 e. The van der Waals surface area contributed by atoms with Crippen molar-refractivity contribution in [2.24, 2.45) is 5.41 Å². The molecule has 342 valence electrons. The van der Waals surface area contributed by atoms with Crippen LogP contribution in [0.5, 0.6) is 11.6 Å². The van der Waals surface area contributed by atoms with Crippen LogP contribution < -0.4 is 19.7 Å². The van der Waals surface area contributed by atoms with Crippen molar-refractivity contribution in [3.63, 3.8) is 0 Å². The van der Waals surface area contributed by atoms with Crippen molar-refractivity contribution in [2.45, 2.75) is 65.9 Å². The Morgan fingerprint density at radius 2 is 1.69 bits per heavy atom. The minimum absolute atomic E-state index is 0.0137. The van der Waals surface area contributed by atoms with Crippen LogP contribution in [0.4, 0.5) is 14.9 Å². The number of pyridine rings is 1. The highest BCUT2D eigenvalue weighted by Crippen LogP contribution is 2.36. The number of ether oxygens (including phenoxy) is 2. The number of imide groups is 1. The molecule has 0 bridgehead atoms. The summed E-state index contributed by atoms with van der Waals surface area (Å²) in [6, 6.07) is 13.3. The van der Waals surface area contributed by atoms with E-state index in [-0.39, 0.29) is 62.2 Å². The molecule has 0 radical (unpaired) electrons. The van der Waals surface area contributed by atoms with Gasteiger partial charge in [-0.05, 0) is 79.1 Å². The van der Waals surface area contributed by atoms with Gasteiger partial charge in [0, 0.05) is 86.2 Å². The lowest BCUT2D eigenvalue weighted by molar-refractivity contribution is -0.159. The number of fused-ring (bicyclic) bond motifs is 1. The number of aromatic amines is 1.